The first-order valence-electron chi connectivity index (χ1n) is 5.23. The number of benzene rings is 1. The highest BCUT2D eigenvalue weighted by Gasteiger charge is 2.09. The standard InChI is InChI=1S/C12H14FN3/c13-6-7-16-9-11(8-14)12(15-16)10-4-2-1-3-5-10/h1-5,9H,6-8,14H2. The fraction of sp³-hybridized carbons (Fsp3) is 0.250. The van der Waals surface area contributed by atoms with E-state index < -0.39 is 6.67 Å². The smallest absolute Gasteiger partial charge is 0.109 e. The van der Waals surface area contributed by atoms with Crippen molar-refractivity contribution in [1.82, 2.24) is 9.78 Å². The maximum atomic E-state index is 12.2. The van der Waals surface area contributed by atoms with Crippen molar-refractivity contribution in [1.29, 1.82) is 0 Å². The fourth-order valence-electron chi connectivity index (χ4n) is 1.65. The minimum Gasteiger partial charge on any atom is -0.326 e. The van der Waals surface area contributed by atoms with Gasteiger partial charge in [0.15, 0.2) is 0 Å². The summed E-state index contributed by atoms with van der Waals surface area (Å²) in [5.41, 5.74) is 8.45. The summed E-state index contributed by atoms with van der Waals surface area (Å²) in [6, 6.07) is 9.79. The van der Waals surface area contributed by atoms with Crippen molar-refractivity contribution in [2.75, 3.05) is 6.67 Å². The Labute approximate surface area is 93.7 Å². The molecule has 2 rings (SSSR count). The average molecular weight is 219 g/mol. The zero-order valence-electron chi connectivity index (χ0n) is 8.94. The Bertz CT molecular complexity index is 451. The molecule has 0 saturated heterocycles. The molecule has 4 heteroatoms. The second-order valence-corrected chi connectivity index (χ2v) is 3.53. The molecule has 0 atom stereocenters. The minimum atomic E-state index is -0.417. The van der Waals surface area contributed by atoms with Gasteiger partial charge in [0, 0.05) is 23.9 Å². The van der Waals surface area contributed by atoms with Crippen molar-refractivity contribution >= 4 is 0 Å². The van der Waals surface area contributed by atoms with Crippen LogP contribution in [0.3, 0.4) is 0 Å². The van der Waals surface area contributed by atoms with E-state index in [0.717, 1.165) is 16.8 Å². The maximum Gasteiger partial charge on any atom is 0.109 e. The first-order valence-corrected chi connectivity index (χ1v) is 5.23. The predicted molar refractivity (Wildman–Crippen MR) is 61.5 cm³/mol. The predicted octanol–water partition coefficient (Wildman–Crippen LogP) is 1.98. The zero-order chi connectivity index (χ0) is 11.4. The van der Waals surface area contributed by atoms with E-state index in [1.165, 1.54) is 0 Å². The van der Waals surface area contributed by atoms with Gasteiger partial charge in [0.1, 0.15) is 6.67 Å². The highest BCUT2D eigenvalue weighted by Crippen LogP contribution is 2.21. The van der Waals surface area contributed by atoms with Gasteiger partial charge < -0.3 is 5.73 Å². The summed E-state index contributed by atoms with van der Waals surface area (Å²) in [5, 5.41) is 4.34. The summed E-state index contributed by atoms with van der Waals surface area (Å²) < 4.78 is 13.8. The third-order valence-corrected chi connectivity index (χ3v) is 2.42. The molecule has 2 N–H and O–H groups in total. The van der Waals surface area contributed by atoms with Gasteiger partial charge in [0.2, 0.25) is 0 Å². The highest BCUT2D eigenvalue weighted by atomic mass is 19.1. The van der Waals surface area contributed by atoms with Crippen molar-refractivity contribution in [3.63, 3.8) is 0 Å². The quantitative estimate of drug-likeness (QED) is 0.854. The molecule has 16 heavy (non-hydrogen) atoms. The molecule has 84 valence electrons. The fourth-order valence-corrected chi connectivity index (χ4v) is 1.65. The van der Waals surface area contributed by atoms with Crippen LogP contribution in [0.25, 0.3) is 11.3 Å². The van der Waals surface area contributed by atoms with Crippen molar-refractivity contribution in [2.45, 2.75) is 13.1 Å². The lowest BCUT2D eigenvalue weighted by atomic mass is 10.1. The molecule has 0 bridgehead atoms. The van der Waals surface area contributed by atoms with Crippen molar-refractivity contribution in [3.05, 3.63) is 42.1 Å². The Morgan fingerprint density at radius 3 is 2.62 bits per heavy atom. The molecule has 1 aromatic carbocycles. The van der Waals surface area contributed by atoms with Crippen LogP contribution in [-0.2, 0) is 13.1 Å². The van der Waals surface area contributed by atoms with E-state index in [1.54, 1.807) is 4.68 Å². The molecule has 3 nitrogen and oxygen atoms in total. The van der Waals surface area contributed by atoms with Crippen LogP contribution < -0.4 is 5.73 Å². The van der Waals surface area contributed by atoms with Crippen LogP contribution in [0.1, 0.15) is 5.56 Å². The van der Waals surface area contributed by atoms with Gasteiger partial charge in [-0.25, -0.2) is 4.39 Å². The Hall–Kier alpha value is -1.68. The molecular formula is C12H14FN3. The summed E-state index contributed by atoms with van der Waals surface area (Å²) in [4.78, 5) is 0. The first kappa shape index (κ1) is 10.8. The molecule has 1 heterocycles. The van der Waals surface area contributed by atoms with Crippen LogP contribution in [0.2, 0.25) is 0 Å². The molecule has 1 aromatic heterocycles. The second kappa shape index (κ2) is 4.90. The van der Waals surface area contributed by atoms with E-state index in [1.807, 2.05) is 36.5 Å². The Morgan fingerprint density at radius 2 is 2.00 bits per heavy atom. The molecule has 0 unspecified atom stereocenters. The van der Waals surface area contributed by atoms with E-state index in [-0.39, 0.29) is 6.54 Å². The zero-order valence-corrected chi connectivity index (χ0v) is 8.94. The van der Waals surface area contributed by atoms with E-state index in [9.17, 15) is 4.39 Å². The Balaban J connectivity index is 2.39. The van der Waals surface area contributed by atoms with Crippen molar-refractivity contribution in [3.8, 4) is 11.3 Å². The summed E-state index contributed by atoms with van der Waals surface area (Å²) >= 11 is 0. The number of hydrogen-bond acceptors (Lipinski definition) is 2. The average Bonchev–Trinajstić information content (AvgIpc) is 2.74. The van der Waals surface area contributed by atoms with Crippen LogP contribution in [0.5, 0.6) is 0 Å². The number of nitrogens with zero attached hydrogens (tertiary/aromatic N) is 2. The molecule has 0 saturated carbocycles. The number of alkyl halides is 1. The van der Waals surface area contributed by atoms with Crippen LogP contribution in [0, 0.1) is 0 Å². The summed E-state index contributed by atoms with van der Waals surface area (Å²) in [6.45, 7) is 0.274. The molecule has 0 radical (unpaired) electrons. The first-order chi connectivity index (χ1) is 7.85. The highest BCUT2D eigenvalue weighted by molar-refractivity contribution is 5.62. The largest absolute Gasteiger partial charge is 0.326 e. The van der Waals surface area contributed by atoms with Crippen LogP contribution in [0.15, 0.2) is 36.5 Å². The SMILES string of the molecule is NCc1cn(CCF)nc1-c1ccccc1. The molecule has 0 aliphatic rings. The molecule has 2 aromatic rings. The monoisotopic (exact) mass is 219 g/mol. The van der Waals surface area contributed by atoms with Gasteiger partial charge in [-0.3, -0.25) is 4.68 Å². The third kappa shape index (κ3) is 2.12. The van der Waals surface area contributed by atoms with Gasteiger partial charge in [0.05, 0.1) is 12.2 Å². The molecule has 0 amide bonds. The van der Waals surface area contributed by atoms with Crippen LogP contribution in [0.4, 0.5) is 4.39 Å². The minimum absolute atomic E-state index is 0.278. The van der Waals surface area contributed by atoms with Gasteiger partial charge in [-0.05, 0) is 0 Å². The third-order valence-electron chi connectivity index (χ3n) is 2.42. The van der Waals surface area contributed by atoms with E-state index >= 15 is 0 Å². The van der Waals surface area contributed by atoms with Crippen molar-refractivity contribution < 1.29 is 4.39 Å². The normalized spacial score (nSPS) is 10.6. The van der Waals surface area contributed by atoms with Gasteiger partial charge in [0.25, 0.3) is 0 Å². The van der Waals surface area contributed by atoms with Gasteiger partial charge in [-0.15, -0.1) is 0 Å². The van der Waals surface area contributed by atoms with Gasteiger partial charge in [-0.2, -0.15) is 5.10 Å². The van der Waals surface area contributed by atoms with Crippen molar-refractivity contribution in [2.24, 2.45) is 5.73 Å². The molecule has 0 fully saturated rings. The molecule has 0 aliphatic carbocycles. The van der Waals surface area contributed by atoms with E-state index in [0.29, 0.717) is 6.54 Å². The summed E-state index contributed by atoms with van der Waals surface area (Å²) in [6.07, 6.45) is 1.81. The van der Waals surface area contributed by atoms with Gasteiger partial charge >= 0.3 is 0 Å². The summed E-state index contributed by atoms with van der Waals surface area (Å²) in [7, 11) is 0. The Morgan fingerprint density at radius 1 is 1.25 bits per heavy atom. The van der Waals surface area contributed by atoms with Crippen LogP contribution in [-0.4, -0.2) is 16.5 Å². The summed E-state index contributed by atoms with van der Waals surface area (Å²) in [5.74, 6) is 0. The lowest BCUT2D eigenvalue weighted by Crippen LogP contribution is -1.99. The van der Waals surface area contributed by atoms with Gasteiger partial charge in [-0.1, -0.05) is 30.3 Å². The number of halogens is 1. The number of aromatic nitrogens is 2. The molecular weight excluding hydrogens is 205 g/mol. The van der Waals surface area contributed by atoms with E-state index in [2.05, 4.69) is 5.10 Å². The second-order valence-electron chi connectivity index (χ2n) is 3.53. The topological polar surface area (TPSA) is 43.8 Å². The lowest BCUT2D eigenvalue weighted by molar-refractivity contribution is 0.427. The number of aryl methyl sites for hydroxylation is 1. The van der Waals surface area contributed by atoms with E-state index in [4.69, 9.17) is 5.73 Å². The molecule has 0 spiro atoms. The lowest BCUT2D eigenvalue weighted by Gasteiger charge is -1.98. The Kier molecular flexibility index (Phi) is 3.31. The number of rotatable bonds is 4. The van der Waals surface area contributed by atoms with Crippen LogP contribution >= 0.6 is 0 Å². The number of hydrogen-bond donors (Lipinski definition) is 1. The maximum absolute atomic E-state index is 12.2. The number of nitrogens with two attached hydrogens (primary N) is 1. The molecule has 0 aliphatic heterocycles.